The lowest BCUT2D eigenvalue weighted by atomic mass is 10.1. The van der Waals surface area contributed by atoms with Crippen molar-refractivity contribution in [2.45, 2.75) is 16.3 Å². The van der Waals surface area contributed by atoms with Crippen LogP contribution < -0.4 is 5.32 Å². The van der Waals surface area contributed by atoms with Crippen molar-refractivity contribution in [3.8, 4) is 0 Å². The van der Waals surface area contributed by atoms with E-state index in [1.807, 2.05) is 24.3 Å². The number of rotatable bonds is 5. The van der Waals surface area contributed by atoms with Gasteiger partial charge in [-0.2, -0.15) is 0 Å². The second-order valence-corrected chi connectivity index (χ2v) is 7.82. The number of amides is 1. The van der Waals surface area contributed by atoms with E-state index < -0.39 is 5.82 Å². The van der Waals surface area contributed by atoms with Crippen LogP contribution in [0.3, 0.4) is 0 Å². The molecular formula is C22H15ClF2N2OS. The molecule has 0 aliphatic rings. The fourth-order valence-electron chi connectivity index (χ4n) is 3.02. The minimum absolute atomic E-state index is 0.0642. The first-order valence-electron chi connectivity index (χ1n) is 8.78. The molecule has 0 unspecified atom stereocenters. The third-order valence-electron chi connectivity index (χ3n) is 4.36. The fourth-order valence-corrected chi connectivity index (χ4v) is 4.19. The van der Waals surface area contributed by atoms with E-state index in [1.165, 1.54) is 36.0 Å². The molecule has 0 atom stereocenters. The van der Waals surface area contributed by atoms with Crippen LogP contribution in [0.15, 0.2) is 76.7 Å². The van der Waals surface area contributed by atoms with Gasteiger partial charge in [-0.05, 0) is 36.4 Å². The molecule has 0 aliphatic heterocycles. The predicted molar refractivity (Wildman–Crippen MR) is 113 cm³/mol. The average molecular weight is 429 g/mol. The Morgan fingerprint density at radius 3 is 2.55 bits per heavy atom. The molecule has 4 rings (SSSR count). The Morgan fingerprint density at radius 1 is 1.00 bits per heavy atom. The summed E-state index contributed by atoms with van der Waals surface area (Å²) in [5.41, 5.74) is 2.03. The lowest BCUT2D eigenvalue weighted by molar-refractivity contribution is -0.115. The molecule has 3 aromatic carbocycles. The molecule has 1 heterocycles. The maximum Gasteiger partial charge on any atom is 0.228 e. The van der Waals surface area contributed by atoms with Crippen molar-refractivity contribution in [2.75, 3.05) is 5.32 Å². The van der Waals surface area contributed by atoms with Gasteiger partial charge in [-0.3, -0.25) is 4.79 Å². The number of carbonyl (C=O) groups is 1. The van der Waals surface area contributed by atoms with Crippen molar-refractivity contribution >= 4 is 45.9 Å². The Bertz CT molecular complexity index is 1210. The largest absolute Gasteiger partial charge is 0.349 e. The van der Waals surface area contributed by atoms with Gasteiger partial charge in [0.2, 0.25) is 5.91 Å². The molecule has 4 aromatic rings. The fraction of sp³-hybridized carbons (Fsp3) is 0.0455. The second-order valence-electron chi connectivity index (χ2n) is 6.36. The average Bonchev–Trinajstić information content (AvgIpc) is 3.04. The van der Waals surface area contributed by atoms with Crippen LogP contribution in [0.2, 0.25) is 5.02 Å². The Morgan fingerprint density at radius 2 is 1.76 bits per heavy atom. The Labute approximate surface area is 175 Å². The van der Waals surface area contributed by atoms with Crippen molar-refractivity contribution < 1.29 is 13.6 Å². The molecule has 0 spiro atoms. The number of benzene rings is 3. The van der Waals surface area contributed by atoms with Gasteiger partial charge in [0.05, 0.1) is 16.5 Å². The van der Waals surface area contributed by atoms with Gasteiger partial charge in [0.1, 0.15) is 11.6 Å². The molecule has 0 saturated carbocycles. The normalized spacial score (nSPS) is 11.0. The zero-order valence-electron chi connectivity index (χ0n) is 15.0. The monoisotopic (exact) mass is 428 g/mol. The van der Waals surface area contributed by atoms with Crippen molar-refractivity contribution in [2.24, 2.45) is 0 Å². The van der Waals surface area contributed by atoms with Gasteiger partial charge in [0.15, 0.2) is 0 Å². The summed E-state index contributed by atoms with van der Waals surface area (Å²) in [7, 11) is 0. The summed E-state index contributed by atoms with van der Waals surface area (Å²) < 4.78 is 27.5. The number of aromatic amines is 1. The Balaban J connectivity index is 1.64. The van der Waals surface area contributed by atoms with Crippen molar-refractivity contribution in [1.29, 1.82) is 0 Å². The molecule has 2 N–H and O–H groups in total. The number of para-hydroxylation sites is 1. The number of anilines is 1. The number of nitrogens with one attached hydrogen (secondary N) is 2. The van der Waals surface area contributed by atoms with Crippen LogP contribution >= 0.6 is 23.4 Å². The van der Waals surface area contributed by atoms with Gasteiger partial charge in [0.25, 0.3) is 0 Å². The minimum Gasteiger partial charge on any atom is -0.349 e. The summed E-state index contributed by atoms with van der Waals surface area (Å²) in [5, 5.41) is 4.25. The maximum atomic E-state index is 14.1. The molecule has 0 bridgehead atoms. The van der Waals surface area contributed by atoms with Crippen LogP contribution in [-0.4, -0.2) is 10.9 Å². The van der Waals surface area contributed by atoms with E-state index in [9.17, 15) is 13.6 Å². The number of carbonyl (C=O) groups excluding carboxylic acids is 1. The van der Waals surface area contributed by atoms with E-state index in [2.05, 4.69) is 10.3 Å². The summed E-state index contributed by atoms with van der Waals surface area (Å²) in [6.07, 6.45) is 0.0653. The first-order valence-corrected chi connectivity index (χ1v) is 9.97. The third-order valence-corrected chi connectivity index (χ3v) is 5.76. The molecule has 0 radical (unpaired) electrons. The van der Waals surface area contributed by atoms with Crippen LogP contribution in [-0.2, 0) is 11.2 Å². The summed E-state index contributed by atoms with van der Waals surface area (Å²) >= 11 is 7.02. The van der Waals surface area contributed by atoms with E-state index in [-0.39, 0.29) is 23.2 Å². The molecule has 146 valence electrons. The quantitative estimate of drug-likeness (QED) is 0.384. The van der Waals surface area contributed by atoms with Crippen LogP contribution in [0.5, 0.6) is 0 Å². The highest BCUT2D eigenvalue weighted by atomic mass is 35.5. The number of hydrogen-bond acceptors (Lipinski definition) is 2. The standard InChI is InChI=1S/C22H15ClF2N2OS/c23-16-11-13(9-10-17(16)24)26-21(28)12-15-14-5-1-3-7-19(14)27-22(15)29-20-8-4-2-6-18(20)25/h1-11,27H,12H2,(H,26,28). The van der Waals surface area contributed by atoms with E-state index in [0.717, 1.165) is 16.5 Å². The summed E-state index contributed by atoms with van der Waals surface area (Å²) in [6, 6.07) is 18.1. The van der Waals surface area contributed by atoms with Gasteiger partial charge in [-0.15, -0.1) is 0 Å². The Hall–Kier alpha value is -2.83. The van der Waals surface area contributed by atoms with Crippen LogP contribution in [0.1, 0.15) is 5.56 Å². The molecule has 29 heavy (non-hydrogen) atoms. The smallest absolute Gasteiger partial charge is 0.228 e. The maximum absolute atomic E-state index is 14.1. The SMILES string of the molecule is O=C(Cc1c(Sc2ccccc2F)[nH]c2ccccc12)Nc1ccc(F)c(Cl)c1. The van der Waals surface area contributed by atoms with E-state index >= 15 is 0 Å². The first kappa shape index (κ1) is 19.5. The summed E-state index contributed by atoms with van der Waals surface area (Å²) in [6.45, 7) is 0. The van der Waals surface area contributed by atoms with E-state index in [1.54, 1.807) is 18.2 Å². The molecule has 0 saturated heterocycles. The summed E-state index contributed by atoms with van der Waals surface area (Å²) in [5.74, 6) is -1.16. The highest BCUT2D eigenvalue weighted by Gasteiger charge is 2.17. The predicted octanol–water partition coefficient (Wildman–Crippen LogP) is 6.43. The molecule has 0 fully saturated rings. The van der Waals surface area contributed by atoms with Crippen molar-refractivity contribution in [3.63, 3.8) is 0 Å². The molecule has 1 aromatic heterocycles. The van der Waals surface area contributed by atoms with Crippen LogP contribution in [0.4, 0.5) is 14.5 Å². The lowest BCUT2D eigenvalue weighted by Gasteiger charge is -2.08. The molecule has 3 nitrogen and oxygen atoms in total. The Kier molecular flexibility index (Phi) is 5.56. The number of H-pyrrole nitrogens is 1. The van der Waals surface area contributed by atoms with E-state index in [4.69, 9.17) is 11.6 Å². The van der Waals surface area contributed by atoms with Gasteiger partial charge < -0.3 is 10.3 Å². The van der Waals surface area contributed by atoms with Gasteiger partial charge >= 0.3 is 0 Å². The zero-order valence-corrected chi connectivity index (χ0v) is 16.6. The third kappa shape index (κ3) is 4.28. The highest BCUT2D eigenvalue weighted by molar-refractivity contribution is 7.99. The topological polar surface area (TPSA) is 44.9 Å². The zero-order chi connectivity index (χ0) is 20.4. The molecule has 1 amide bonds. The number of fused-ring (bicyclic) bond motifs is 1. The number of aromatic nitrogens is 1. The highest BCUT2D eigenvalue weighted by Crippen LogP contribution is 2.36. The molecule has 0 aliphatic carbocycles. The second kappa shape index (κ2) is 8.27. The number of hydrogen-bond donors (Lipinski definition) is 2. The van der Waals surface area contributed by atoms with E-state index in [0.29, 0.717) is 15.6 Å². The number of halogens is 3. The minimum atomic E-state index is -0.551. The molecular weight excluding hydrogens is 414 g/mol. The molecule has 7 heteroatoms. The lowest BCUT2D eigenvalue weighted by Crippen LogP contribution is -2.14. The van der Waals surface area contributed by atoms with Gasteiger partial charge in [0, 0.05) is 27.0 Å². The van der Waals surface area contributed by atoms with Gasteiger partial charge in [-0.25, -0.2) is 8.78 Å². The van der Waals surface area contributed by atoms with Crippen LogP contribution in [0, 0.1) is 11.6 Å². The summed E-state index contributed by atoms with van der Waals surface area (Å²) in [4.78, 5) is 16.4. The van der Waals surface area contributed by atoms with Crippen LogP contribution in [0.25, 0.3) is 10.9 Å². The van der Waals surface area contributed by atoms with Crippen molar-refractivity contribution in [3.05, 3.63) is 89.0 Å². The first-order chi connectivity index (χ1) is 14.0. The van der Waals surface area contributed by atoms with Crippen molar-refractivity contribution in [1.82, 2.24) is 4.98 Å². The van der Waals surface area contributed by atoms with Gasteiger partial charge in [-0.1, -0.05) is 53.7 Å².